The molecular formula is C26H32N6S. The Hall–Kier alpha value is -2.54. The SMILES string of the molecule is c1cc2c(cc1-c1ccc(N3CCN(c4nnc(C5CCCCC5)s4)CC3)nn1)CCCC2. The van der Waals surface area contributed by atoms with Gasteiger partial charge in [-0.15, -0.1) is 20.4 Å². The minimum Gasteiger partial charge on any atom is -0.352 e. The Morgan fingerprint density at radius 2 is 1.48 bits per heavy atom. The standard InChI is InChI=1S/C26H32N6S/c1-2-7-20(8-3-1)25-29-30-26(33-25)32-16-14-31(15-17-32)24-13-12-23(27-28-24)22-11-10-19-6-4-5-9-21(19)18-22/h10-13,18,20H,1-9,14-17H2. The second-order valence-electron chi connectivity index (χ2n) is 9.70. The third-order valence-electron chi connectivity index (χ3n) is 7.55. The zero-order valence-corrected chi connectivity index (χ0v) is 20.1. The van der Waals surface area contributed by atoms with Crippen molar-refractivity contribution in [2.45, 2.75) is 63.7 Å². The van der Waals surface area contributed by atoms with E-state index < -0.39 is 0 Å². The van der Waals surface area contributed by atoms with E-state index in [2.05, 4.69) is 60.5 Å². The van der Waals surface area contributed by atoms with E-state index >= 15 is 0 Å². The van der Waals surface area contributed by atoms with Gasteiger partial charge in [0, 0.05) is 37.7 Å². The molecule has 3 aromatic rings. The van der Waals surface area contributed by atoms with E-state index in [0.29, 0.717) is 5.92 Å². The van der Waals surface area contributed by atoms with Crippen LogP contribution in [0.3, 0.4) is 0 Å². The van der Waals surface area contributed by atoms with Crippen molar-refractivity contribution in [1.29, 1.82) is 0 Å². The molecule has 1 aliphatic heterocycles. The molecule has 0 atom stereocenters. The van der Waals surface area contributed by atoms with Crippen LogP contribution < -0.4 is 9.80 Å². The number of piperazine rings is 1. The van der Waals surface area contributed by atoms with Gasteiger partial charge in [-0.2, -0.15) is 0 Å². The van der Waals surface area contributed by atoms with Crippen molar-refractivity contribution in [2.24, 2.45) is 0 Å². The molecule has 6 rings (SSSR count). The van der Waals surface area contributed by atoms with Crippen molar-refractivity contribution in [3.05, 3.63) is 46.5 Å². The second-order valence-corrected chi connectivity index (χ2v) is 10.7. The topological polar surface area (TPSA) is 58.0 Å². The van der Waals surface area contributed by atoms with Crippen LogP contribution in [0, 0.1) is 0 Å². The molecule has 1 saturated carbocycles. The molecule has 7 heteroatoms. The van der Waals surface area contributed by atoms with Crippen LogP contribution in [0.25, 0.3) is 11.3 Å². The number of benzene rings is 1. The first-order chi connectivity index (χ1) is 16.3. The van der Waals surface area contributed by atoms with Crippen LogP contribution in [-0.2, 0) is 12.8 Å². The first-order valence-corrected chi connectivity index (χ1v) is 13.4. The summed E-state index contributed by atoms with van der Waals surface area (Å²) in [6.45, 7) is 3.78. The van der Waals surface area contributed by atoms with E-state index in [1.165, 1.54) is 79.5 Å². The Morgan fingerprint density at radius 1 is 0.697 bits per heavy atom. The Morgan fingerprint density at radius 3 is 2.27 bits per heavy atom. The van der Waals surface area contributed by atoms with Gasteiger partial charge >= 0.3 is 0 Å². The van der Waals surface area contributed by atoms with E-state index in [1.807, 2.05) is 11.3 Å². The molecule has 0 N–H and O–H groups in total. The monoisotopic (exact) mass is 460 g/mol. The lowest BCUT2D eigenvalue weighted by Crippen LogP contribution is -2.46. The van der Waals surface area contributed by atoms with Crippen molar-refractivity contribution in [3.8, 4) is 11.3 Å². The highest BCUT2D eigenvalue weighted by atomic mass is 32.1. The molecule has 0 unspecified atom stereocenters. The van der Waals surface area contributed by atoms with E-state index in [0.717, 1.165) is 42.8 Å². The van der Waals surface area contributed by atoms with Gasteiger partial charge in [0.25, 0.3) is 0 Å². The van der Waals surface area contributed by atoms with Gasteiger partial charge in [-0.05, 0) is 67.9 Å². The van der Waals surface area contributed by atoms with Crippen molar-refractivity contribution < 1.29 is 0 Å². The van der Waals surface area contributed by atoms with E-state index in [9.17, 15) is 0 Å². The highest BCUT2D eigenvalue weighted by Crippen LogP contribution is 2.36. The van der Waals surface area contributed by atoms with Crippen LogP contribution in [0.2, 0.25) is 0 Å². The van der Waals surface area contributed by atoms with Gasteiger partial charge in [-0.3, -0.25) is 0 Å². The molecule has 33 heavy (non-hydrogen) atoms. The van der Waals surface area contributed by atoms with Crippen molar-refractivity contribution in [3.63, 3.8) is 0 Å². The van der Waals surface area contributed by atoms with Crippen LogP contribution in [0.4, 0.5) is 10.9 Å². The molecule has 1 aromatic carbocycles. The predicted octanol–water partition coefficient (Wildman–Crippen LogP) is 5.25. The maximum absolute atomic E-state index is 4.59. The first kappa shape index (κ1) is 21.0. The molecule has 172 valence electrons. The predicted molar refractivity (Wildman–Crippen MR) is 134 cm³/mol. The number of fused-ring (bicyclic) bond motifs is 1. The molecule has 6 nitrogen and oxygen atoms in total. The second kappa shape index (κ2) is 9.37. The highest BCUT2D eigenvalue weighted by molar-refractivity contribution is 7.15. The van der Waals surface area contributed by atoms with Crippen molar-refractivity contribution in [1.82, 2.24) is 20.4 Å². The minimum atomic E-state index is 0.634. The summed E-state index contributed by atoms with van der Waals surface area (Å²) in [6, 6.07) is 11.1. The van der Waals surface area contributed by atoms with Crippen molar-refractivity contribution in [2.75, 3.05) is 36.0 Å². The molecular weight excluding hydrogens is 428 g/mol. The normalized spacial score (nSPS) is 19.5. The van der Waals surface area contributed by atoms with Crippen LogP contribution in [-0.4, -0.2) is 46.6 Å². The number of aryl methyl sites for hydroxylation is 2. The summed E-state index contributed by atoms with van der Waals surface area (Å²) in [5.74, 6) is 1.60. The summed E-state index contributed by atoms with van der Waals surface area (Å²) >= 11 is 1.81. The zero-order valence-electron chi connectivity index (χ0n) is 19.2. The van der Waals surface area contributed by atoms with Gasteiger partial charge < -0.3 is 9.80 Å². The minimum absolute atomic E-state index is 0.634. The smallest absolute Gasteiger partial charge is 0.208 e. The summed E-state index contributed by atoms with van der Waals surface area (Å²) in [4.78, 5) is 4.72. The summed E-state index contributed by atoms with van der Waals surface area (Å²) in [5, 5.41) is 20.6. The quantitative estimate of drug-likeness (QED) is 0.530. The lowest BCUT2D eigenvalue weighted by atomic mass is 9.90. The van der Waals surface area contributed by atoms with Gasteiger partial charge in [0.15, 0.2) is 5.82 Å². The fourth-order valence-electron chi connectivity index (χ4n) is 5.54. The summed E-state index contributed by atoms with van der Waals surface area (Å²) in [7, 11) is 0. The average Bonchev–Trinajstić information content (AvgIpc) is 3.40. The molecule has 0 amide bonds. The maximum Gasteiger partial charge on any atom is 0.208 e. The number of nitrogens with zero attached hydrogens (tertiary/aromatic N) is 6. The average molecular weight is 461 g/mol. The fraction of sp³-hybridized carbons (Fsp3) is 0.538. The molecule has 2 fully saturated rings. The zero-order chi connectivity index (χ0) is 22.0. The summed E-state index contributed by atoms with van der Waals surface area (Å²) in [6.07, 6.45) is 11.6. The third-order valence-corrected chi connectivity index (χ3v) is 8.70. The molecule has 2 aliphatic carbocycles. The van der Waals surface area contributed by atoms with Crippen LogP contribution in [0.15, 0.2) is 30.3 Å². The molecule has 2 aromatic heterocycles. The van der Waals surface area contributed by atoms with Crippen LogP contribution >= 0.6 is 11.3 Å². The molecule has 3 aliphatic rings. The van der Waals surface area contributed by atoms with Crippen LogP contribution in [0.5, 0.6) is 0 Å². The number of aromatic nitrogens is 4. The number of rotatable bonds is 4. The van der Waals surface area contributed by atoms with Gasteiger partial charge in [-0.25, -0.2) is 0 Å². The van der Waals surface area contributed by atoms with E-state index in [-0.39, 0.29) is 0 Å². The molecule has 3 heterocycles. The van der Waals surface area contributed by atoms with E-state index in [1.54, 1.807) is 0 Å². The highest BCUT2D eigenvalue weighted by Gasteiger charge is 2.24. The maximum atomic E-state index is 4.59. The largest absolute Gasteiger partial charge is 0.352 e. The van der Waals surface area contributed by atoms with Gasteiger partial charge in [0.2, 0.25) is 5.13 Å². The lowest BCUT2D eigenvalue weighted by molar-refractivity contribution is 0.440. The molecule has 0 radical (unpaired) electrons. The van der Waals surface area contributed by atoms with Crippen LogP contribution in [0.1, 0.15) is 67.0 Å². The Balaban J connectivity index is 1.08. The van der Waals surface area contributed by atoms with Gasteiger partial charge in [0.05, 0.1) is 5.69 Å². The summed E-state index contributed by atoms with van der Waals surface area (Å²) in [5.41, 5.74) is 5.15. The third kappa shape index (κ3) is 4.47. The summed E-state index contributed by atoms with van der Waals surface area (Å²) < 4.78 is 0. The number of anilines is 2. The fourth-order valence-corrected chi connectivity index (χ4v) is 6.60. The number of hydrogen-bond acceptors (Lipinski definition) is 7. The Labute approximate surface area is 200 Å². The Bertz CT molecular complexity index is 1080. The van der Waals surface area contributed by atoms with Gasteiger partial charge in [0.1, 0.15) is 5.01 Å². The number of hydrogen-bond donors (Lipinski definition) is 0. The Kier molecular flexibility index (Phi) is 5.97. The lowest BCUT2D eigenvalue weighted by Gasteiger charge is -2.34. The first-order valence-electron chi connectivity index (χ1n) is 12.6. The molecule has 0 bridgehead atoms. The van der Waals surface area contributed by atoms with Crippen molar-refractivity contribution >= 4 is 22.3 Å². The molecule has 1 saturated heterocycles. The molecule has 0 spiro atoms. The van der Waals surface area contributed by atoms with E-state index in [4.69, 9.17) is 0 Å². The van der Waals surface area contributed by atoms with Gasteiger partial charge in [-0.1, -0.05) is 42.7 Å².